The van der Waals surface area contributed by atoms with Crippen LogP contribution in [0.2, 0.25) is 0 Å². The van der Waals surface area contributed by atoms with Crippen molar-refractivity contribution < 1.29 is 4.79 Å². The van der Waals surface area contributed by atoms with Crippen molar-refractivity contribution in [2.45, 2.75) is 38.6 Å². The largest absolute Gasteiger partial charge is 0.331 e. The first-order chi connectivity index (χ1) is 13.1. The first kappa shape index (κ1) is 18.3. The minimum absolute atomic E-state index is 0.0624. The smallest absolute Gasteiger partial charge is 0.319 e. The average molecular weight is 444 g/mol. The zero-order valence-corrected chi connectivity index (χ0v) is 17.6. The third kappa shape index (κ3) is 3.96. The number of aromatic nitrogens is 1. The molecule has 1 aromatic carbocycles. The van der Waals surface area contributed by atoms with Gasteiger partial charge in [-0.3, -0.25) is 0 Å². The summed E-state index contributed by atoms with van der Waals surface area (Å²) in [6.45, 7) is 2.07. The summed E-state index contributed by atoms with van der Waals surface area (Å²) in [6.07, 6.45) is 8.87. The van der Waals surface area contributed by atoms with E-state index in [-0.39, 0.29) is 12.1 Å². The quantitative estimate of drug-likeness (QED) is 0.505. The zero-order valence-electron chi connectivity index (χ0n) is 15.2. The van der Waals surface area contributed by atoms with Gasteiger partial charge in [0, 0.05) is 33.0 Å². The van der Waals surface area contributed by atoms with Crippen LogP contribution in [-0.2, 0) is 12.8 Å². The fourth-order valence-corrected chi connectivity index (χ4v) is 5.54. The average Bonchev–Trinajstić information content (AvgIpc) is 3.29. The second kappa shape index (κ2) is 7.90. The molecule has 2 N–H and O–H groups in total. The summed E-state index contributed by atoms with van der Waals surface area (Å²) in [7, 11) is 0. The highest BCUT2D eigenvalue weighted by Gasteiger charge is 2.25. The second-order valence-electron chi connectivity index (χ2n) is 6.85. The number of nitrogens with one attached hydrogen (secondary N) is 2. The summed E-state index contributed by atoms with van der Waals surface area (Å²) in [6, 6.07) is 11.5. The molecule has 4 nitrogen and oxygen atoms in total. The first-order valence-corrected chi connectivity index (χ1v) is 10.8. The van der Waals surface area contributed by atoms with E-state index in [2.05, 4.69) is 50.4 Å². The maximum Gasteiger partial charge on any atom is 0.319 e. The zero-order chi connectivity index (χ0) is 18.8. The van der Waals surface area contributed by atoms with Crippen molar-refractivity contribution in [3.05, 3.63) is 69.3 Å². The van der Waals surface area contributed by atoms with Gasteiger partial charge in [0.1, 0.15) is 5.00 Å². The molecule has 1 aliphatic rings. The predicted molar refractivity (Wildman–Crippen MR) is 115 cm³/mol. The fraction of sp³-hybridized carbons (Fsp3) is 0.286. The van der Waals surface area contributed by atoms with Crippen LogP contribution in [0, 0.1) is 0 Å². The standard InChI is InChI=1S/C21H22BrN3OS/c1-14(23-21(26)24-16-8-6-7-15(22)13-16)19-17-9-2-3-10-18(17)27-20(19)25-11-4-5-12-25/h4-8,11-14H,2-3,9-10H2,1H3,(H2,23,24,26). The van der Waals surface area contributed by atoms with Crippen molar-refractivity contribution in [3.8, 4) is 5.00 Å². The van der Waals surface area contributed by atoms with Gasteiger partial charge in [-0.05, 0) is 68.5 Å². The topological polar surface area (TPSA) is 46.1 Å². The molecule has 0 radical (unpaired) electrons. The molecule has 2 aromatic heterocycles. The van der Waals surface area contributed by atoms with Gasteiger partial charge in [-0.15, -0.1) is 11.3 Å². The molecule has 1 unspecified atom stereocenters. The number of carbonyl (C=O) groups excluding carboxylic acids is 1. The van der Waals surface area contributed by atoms with Crippen LogP contribution >= 0.6 is 27.3 Å². The van der Waals surface area contributed by atoms with E-state index in [1.165, 1.54) is 33.8 Å². The van der Waals surface area contributed by atoms with Crippen molar-refractivity contribution in [1.29, 1.82) is 0 Å². The van der Waals surface area contributed by atoms with Gasteiger partial charge in [0.05, 0.1) is 6.04 Å². The van der Waals surface area contributed by atoms with Gasteiger partial charge in [-0.1, -0.05) is 22.0 Å². The number of rotatable bonds is 4. The van der Waals surface area contributed by atoms with Crippen LogP contribution in [0.25, 0.3) is 5.00 Å². The minimum Gasteiger partial charge on any atom is -0.331 e. The van der Waals surface area contributed by atoms with Crippen LogP contribution in [0.1, 0.15) is 41.8 Å². The number of hydrogen-bond acceptors (Lipinski definition) is 2. The number of halogens is 1. The molecule has 0 fully saturated rings. The third-order valence-electron chi connectivity index (χ3n) is 4.89. The maximum atomic E-state index is 12.6. The summed E-state index contributed by atoms with van der Waals surface area (Å²) in [5, 5.41) is 7.28. The number of amides is 2. The molecule has 27 heavy (non-hydrogen) atoms. The molecule has 4 rings (SSSR count). The molecule has 0 aliphatic heterocycles. The maximum absolute atomic E-state index is 12.6. The summed E-state index contributed by atoms with van der Waals surface area (Å²) in [5.41, 5.74) is 3.47. The molecule has 0 spiro atoms. The number of benzene rings is 1. The van der Waals surface area contributed by atoms with Gasteiger partial charge in [0.2, 0.25) is 0 Å². The van der Waals surface area contributed by atoms with E-state index in [9.17, 15) is 4.79 Å². The Balaban J connectivity index is 1.58. The minimum atomic E-state index is -0.185. The van der Waals surface area contributed by atoms with Crippen molar-refractivity contribution in [2.24, 2.45) is 0 Å². The van der Waals surface area contributed by atoms with Gasteiger partial charge in [-0.2, -0.15) is 0 Å². The molecule has 2 amide bonds. The van der Waals surface area contributed by atoms with Crippen LogP contribution in [-0.4, -0.2) is 10.6 Å². The van der Waals surface area contributed by atoms with E-state index in [0.717, 1.165) is 23.0 Å². The molecule has 1 atom stereocenters. The molecule has 0 bridgehead atoms. The highest BCUT2D eigenvalue weighted by Crippen LogP contribution is 2.40. The normalized spacial score (nSPS) is 14.4. The Morgan fingerprint density at radius 3 is 2.74 bits per heavy atom. The van der Waals surface area contributed by atoms with Gasteiger partial charge in [0.15, 0.2) is 0 Å². The van der Waals surface area contributed by atoms with E-state index in [4.69, 9.17) is 0 Å². The number of hydrogen-bond donors (Lipinski definition) is 2. The molecule has 1 aliphatic carbocycles. The number of nitrogens with zero attached hydrogens (tertiary/aromatic N) is 1. The predicted octanol–water partition coefficient (Wildman–Crippen LogP) is 6.06. The van der Waals surface area contributed by atoms with E-state index in [0.29, 0.717) is 0 Å². The second-order valence-corrected chi connectivity index (χ2v) is 8.85. The highest BCUT2D eigenvalue weighted by molar-refractivity contribution is 9.10. The van der Waals surface area contributed by atoms with E-state index < -0.39 is 0 Å². The monoisotopic (exact) mass is 443 g/mol. The van der Waals surface area contributed by atoms with Gasteiger partial charge < -0.3 is 15.2 Å². The Kier molecular flexibility index (Phi) is 5.36. The lowest BCUT2D eigenvalue weighted by molar-refractivity contribution is 0.249. The Labute approximate surface area is 171 Å². The van der Waals surface area contributed by atoms with Gasteiger partial charge >= 0.3 is 6.03 Å². The van der Waals surface area contributed by atoms with Crippen molar-refractivity contribution in [1.82, 2.24) is 9.88 Å². The van der Waals surface area contributed by atoms with Crippen molar-refractivity contribution in [2.75, 3.05) is 5.32 Å². The number of carbonyl (C=O) groups is 1. The number of aryl methyl sites for hydroxylation is 1. The Morgan fingerprint density at radius 1 is 1.19 bits per heavy atom. The SMILES string of the molecule is CC(NC(=O)Nc1cccc(Br)c1)c1c(-n2cccc2)sc2c1CCCC2. The lowest BCUT2D eigenvalue weighted by atomic mass is 9.93. The summed E-state index contributed by atoms with van der Waals surface area (Å²) in [4.78, 5) is 14.0. The first-order valence-electron chi connectivity index (χ1n) is 9.22. The van der Waals surface area contributed by atoms with Crippen LogP contribution in [0.4, 0.5) is 10.5 Å². The Bertz CT molecular complexity index is 948. The van der Waals surface area contributed by atoms with E-state index >= 15 is 0 Å². The number of fused-ring (bicyclic) bond motifs is 1. The lowest BCUT2D eigenvalue weighted by Crippen LogP contribution is -2.32. The van der Waals surface area contributed by atoms with Crippen molar-refractivity contribution in [3.63, 3.8) is 0 Å². The van der Waals surface area contributed by atoms with Crippen LogP contribution in [0.15, 0.2) is 53.3 Å². The van der Waals surface area contributed by atoms with Crippen LogP contribution < -0.4 is 10.6 Å². The fourth-order valence-electron chi connectivity index (χ4n) is 3.69. The molecule has 0 saturated carbocycles. The molecule has 0 saturated heterocycles. The summed E-state index contributed by atoms with van der Waals surface area (Å²) < 4.78 is 3.11. The number of urea groups is 1. The van der Waals surface area contributed by atoms with Gasteiger partial charge in [-0.25, -0.2) is 4.79 Å². The molecule has 3 aromatic rings. The molecular weight excluding hydrogens is 422 g/mol. The Hall–Kier alpha value is -2.05. The van der Waals surface area contributed by atoms with Crippen LogP contribution in [0.5, 0.6) is 0 Å². The molecule has 2 heterocycles. The number of anilines is 1. The van der Waals surface area contributed by atoms with Crippen LogP contribution in [0.3, 0.4) is 0 Å². The summed E-state index contributed by atoms with van der Waals surface area (Å²) in [5.74, 6) is 0. The molecule has 140 valence electrons. The molecule has 6 heteroatoms. The van der Waals surface area contributed by atoms with Gasteiger partial charge in [0.25, 0.3) is 0 Å². The highest BCUT2D eigenvalue weighted by atomic mass is 79.9. The lowest BCUT2D eigenvalue weighted by Gasteiger charge is -2.20. The number of thiophene rings is 1. The third-order valence-corrected chi connectivity index (χ3v) is 6.71. The van der Waals surface area contributed by atoms with E-state index in [1.807, 2.05) is 47.7 Å². The van der Waals surface area contributed by atoms with E-state index in [1.54, 1.807) is 0 Å². The Morgan fingerprint density at radius 2 is 1.96 bits per heavy atom. The van der Waals surface area contributed by atoms with Crippen molar-refractivity contribution >= 4 is 39.0 Å². The summed E-state index contributed by atoms with van der Waals surface area (Å²) >= 11 is 5.30. The molecular formula is C21H22BrN3OS.